The van der Waals surface area contributed by atoms with Gasteiger partial charge in [-0.05, 0) is 6.92 Å². The van der Waals surface area contributed by atoms with Crippen LogP contribution >= 0.6 is 0 Å². The van der Waals surface area contributed by atoms with Crippen LogP contribution in [0.25, 0.3) is 0 Å². The van der Waals surface area contributed by atoms with Gasteiger partial charge in [-0.2, -0.15) is 0 Å². The van der Waals surface area contributed by atoms with Crippen molar-refractivity contribution >= 4 is 12.2 Å². The van der Waals surface area contributed by atoms with Crippen molar-refractivity contribution in [1.82, 2.24) is 5.32 Å². The molecule has 0 aromatic heterocycles. The van der Waals surface area contributed by atoms with E-state index in [1.54, 1.807) is 6.92 Å². The highest BCUT2D eigenvalue weighted by molar-refractivity contribution is 5.73. The molecule has 1 aliphatic rings. The highest BCUT2D eigenvalue weighted by Crippen LogP contribution is 2.19. The van der Waals surface area contributed by atoms with E-state index in [4.69, 9.17) is 4.74 Å². The molecule has 1 heterocycles. The third kappa shape index (κ3) is 2.53. The Morgan fingerprint density at radius 2 is 2.00 bits per heavy atom. The number of aldehydes is 1. The summed E-state index contributed by atoms with van der Waals surface area (Å²) >= 11 is 0. The van der Waals surface area contributed by atoms with Gasteiger partial charge in [0.05, 0.1) is 12.1 Å². The van der Waals surface area contributed by atoms with Gasteiger partial charge in [-0.3, -0.25) is 4.79 Å². The fourth-order valence-corrected chi connectivity index (χ4v) is 1.65. The minimum Gasteiger partial charge on any atom is -0.388 e. The van der Waals surface area contributed by atoms with Gasteiger partial charge in [0.15, 0.2) is 6.29 Å². The summed E-state index contributed by atoms with van der Waals surface area (Å²) in [4.78, 5) is 21.3. The molecule has 5 atom stereocenters. The first kappa shape index (κ1) is 12.1. The maximum atomic E-state index is 10.8. The van der Waals surface area contributed by atoms with Crippen LogP contribution in [0.15, 0.2) is 0 Å². The smallest absolute Gasteiger partial charge is 0.217 e. The van der Waals surface area contributed by atoms with E-state index in [1.165, 1.54) is 6.92 Å². The Morgan fingerprint density at radius 1 is 1.40 bits per heavy atom. The van der Waals surface area contributed by atoms with Crippen LogP contribution in [-0.2, 0) is 14.3 Å². The van der Waals surface area contributed by atoms with Crippen LogP contribution < -0.4 is 5.32 Å². The first-order chi connectivity index (χ1) is 6.97. The molecule has 6 heteroatoms. The predicted octanol–water partition coefficient (Wildman–Crippen LogP) is -1.80. The Balaban J connectivity index is 2.74. The monoisotopic (exact) mass is 217 g/mol. The van der Waals surface area contributed by atoms with Crippen molar-refractivity contribution in [3.05, 3.63) is 0 Å². The van der Waals surface area contributed by atoms with Crippen molar-refractivity contribution in [3.63, 3.8) is 0 Å². The molecule has 3 N–H and O–H groups in total. The number of nitrogens with one attached hydrogen (secondary N) is 1. The Labute approximate surface area is 87.2 Å². The number of amides is 1. The zero-order valence-corrected chi connectivity index (χ0v) is 8.58. The Kier molecular flexibility index (Phi) is 3.78. The van der Waals surface area contributed by atoms with Crippen LogP contribution in [0.2, 0.25) is 0 Å². The molecule has 15 heavy (non-hydrogen) atoms. The molecule has 1 amide bonds. The van der Waals surface area contributed by atoms with E-state index < -0.39 is 30.5 Å². The molecule has 1 fully saturated rings. The zero-order chi connectivity index (χ0) is 11.6. The van der Waals surface area contributed by atoms with Gasteiger partial charge in [0.25, 0.3) is 0 Å². The van der Waals surface area contributed by atoms with Crippen molar-refractivity contribution in [2.24, 2.45) is 0 Å². The summed E-state index contributed by atoms with van der Waals surface area (Å²) in [5.41, 5.74) is 0. The lowest BCUT2D eigenvalue weighted by Crippen LogP contribution is -2.62. The van der Waals surface area contributed by atoms with Gasteiger partial charge >= 0.3 is 0 Å². The van der Waals surface area contributed by atoms with E-state index in [-0.39, 0.29) is 5.91 Å². The van der Waals surface area contributed by atoms with Crippen molar-refractivity contribution in [3.8, 4) is 0 Å². The topological polar surface area (TPSA) is 95.9 Å². The van der Waals surface area contributed by atoms with Crippen LogP contribution in [0.4, 0.5) is 0 Å². The highest BCUT2D eigenvalue weighted by Gasteiger charge is 2.42. The summed E-state index contributed by atoms with van der Waals surface area (Å²) in [6, 6.07) is -0.700. The summed E-state index contributed by atoms with van der Waals surface area (Å²) < 4.78 is 5.14. The van der Waals surface area contributed by atoms with E-state index in [1.807, 2.05) is 0 Å². The second kappa shape index (κ2) is 4.69. The number of hydrogen-bond donors (Lipinski definition) is 3. The molecule has 0 saturated carbocycles. The molecule has 86 valence electrons. The summed E-state index contributed by atoms with van der Waals surface area (Å²) in [6.07, 6.45) is -3.64. The molecule has 0 radical (unpaired) electrons. The molecule has 1 unspecified atom stereocenters. The highest BCUT2D eigenvalue weighted by atomic mass is 16.5. The molecule has 0 spiro atoms. The third-order valence-corrected chi connectivity index (χ3v) is 2.44. The molecule has 0 aliphatic carbocycles. The Morgan fingerprint density at radius 3 is 2.47 bits per heavy atom. The van der Waals surface area contributed by atoms with E-state index >= 15 is 0 Å². The summed E-state index contributed by atoms with van der Waals surface area (Å²) in [7, 11) is 0. The van der Waals surface area contributed by atoms with Crippen molar-refractivity contribution < 1.29 is 24.5 Å². The maximum Gasteiger partial charge on any atom is 0.217 e. The first-order valence-electron chi connectivity index (χ1n) is 4.71. The van der Waals surface area contributed by atoms with Crippen LogP contribution in [0.1, 0.15) is 13.8 Å². The minimum atomic E-state index is -1.31. The summed E-state index contributed by atoms with van der Waals surface area (Å²) in [5.74, 6) is -0.328. The number of aliphatic hydroxyl groups excluding tert-OH is 2. The van der Waals surface area contributed by atoms with Crippen molar-refractivity contribution in [1.29, 1.82) is 0 Å². The second-order valence-corrected chi connectivity index (χ2v) is 3.65. The van der Waals surface area contributed by atoms with E-state index in [0.717, 1.165) is 0 Å². The quantitative estimate of drug-likeness (QED) is 0.474. The number of rotatable bonds is 2. The number of ether oxygens (including phenoxy) is 1. The fourth-order valence-electron chi connectivity index (χ4n) is 1.65. The van der Waals surface area contributed by atoms with E-state index in [9.17, 15) is 19.8 Å². The van der Waals surface area contributed by atoms with Crippen LogP contribution in [0.3, 0.4) is 0 Å². The molecule has 1 aliphatic heterocycles. The number of carbonyl (C=O) groups is 2. The number of aliphatic hydroxyl groups is 2. The molecule has 0 bridgehead atoms. The lowest BCUT2D eigenvalue weighted by atomic mass is 9.94. The molecule has 0 aromatic carbocycles. The predicted molar refractivity (Wildman–Crippen MR) is 50.0 cm³/mol. The molecule has 1 saturated heterocycles. The Bertz CT molecular complexity index is 257. The standard InChI is InChI=1S/C9H15NO5/c1-4-7(10-5(2)12)9(14)8(13)6(3-11)15-4/h3-4,6-9,13-14H,1-2H3,(H,10,12)/t4?,6-,7+,8+,9-/m1/s1. The third-order valence-electron chi connectivity index (χ3n) is 2.44. The van der Waals surface area contributed by atoms with Gasteiger partial charge in [-0.1, -0.05) is 0 Å². The number of hydrogen-bond acceptors (Lipinski definition) is 5. The Hall–Kier alpha value is -0.980. The zero-order valence-electron chi connectivity index (χ0n) is 8.58. The minimum absolute atomic E-state index is 0.328. The second-order valence-electron chi connectivity index (χ2n) is 3.65. The number of carbonyl (C=O) groups excluding carboxylic acids is 2. The summed E-state index contributed by atoms with van der Waals surface area (Å²) in [6.45, 7) is 2.92. The van der Waals surface area contributed by atoms with Crippen LogP contribution in [0.5, 0.6) is 0 Å². The average Bonchev–Trinajstić information content (AvgIpc) is 2.18. The molecule has 1 rings (SSSR count). The fraction of sp³-hybridized carbons (Fsp3) is 0.778. The van der Waals surface area contributed by atoms with Gasteiger partial charge in [0, 0.05) is 6.92 Å². The van der Waals surface area contributed by atoms with Gasteiger partial charge < -0.3 is 25.1 Å². The van der Waals surface area contributed by atoms with Crippen LogP contribution in [0, 0.1) is 0 Å². The van der Waals surface area contributed by atoms with Crippen molar-refractivity contribution in [2.75, 3.05) is 0 Å². The summed E-state index contributed by atoms with van der Waals surface area (Å²) in [5, 5.41) is 21.6. The SMILES string of the molecule is CC(=O)N[C@H]1C(C)O[C@H](C=O)[C@H](O)[C@@H]1O. The molecular formula is C9H15NO5. The van der Waals surface area contributed by atoms with Gasteiger partial charge in [0.2, 0.25) is 5.91 Å². The lowest BCUT2D eigenvalue weighted by molar-refractivity contribution is -0.179. The molecule has 6 nitrogen and oxygen atoms in total. The van der Waals surface area contributed by atoms with E-state index in [0.29, 0.717) is 6.29 Å². The van der Waals surface area contributed by atoms with Gasteiger partial charge in [-0.15, -0.1) is 0 Å². The van der Waals surface area contributed by atoms with E-state index in [2.05, 4.69) is 5.32 Å². The molecular weight excluding hydrogens is 202 g/mol. The molecule has 0 aromatic rings. The van der Waals surface area contributed by atoms with Gasteiger partial charge in [0.1, 0.15) is 18.3 Å². The first-order valence-corrected chi connectivity index (χ1v) is 4.71. The largest absolute Gasteiger partial charge is 0.388 e. The van der Waals surface area contributed by atoms with Gasteiger partial charge in [-0.25, -0.2) is 0 Å². The average molecular weight is 217 g/mol. The van der Waals surface area contributed by atoms with Crippen LogP contribution in [-0.4, -0.2) is 52.9 Å². The normalized spacial score (nSPS) is 40.9. The maximum absolute atomic E-state index is 10.8. The van der Waals surface area contributed by atoms with Crippen molar-refractivity contribution in [2.45, 2.75) is 44.3 Å². The lowest BCUT2D eigenvalue weighted by Gasteiger charge is -2.39.